The highest BCUT2D eigenvalue weighted by atomic mass is 19.1. The zero-order valence-corrected chi connectivity index (χ0v) is 10.1. The molecule has 0 radical (unpaired) electrons. The van der Waals surface area contributed by atoms with Gasteiger partial charge in [0.15, 0.2) is 12.1 Å². The van der Waals surface area contributed by atoms with Crippen LogP contribution in [-0.2, 0) is 9.47 Å². The van der Waals surface area contributed by atoms with Crippen molar-refractivity contribution in [1.82, 2.24) is 4.98 Å². The zero-order valence-electron chi connectivity index (χ0n) is 10.1. The second-order valence-electron chi connectivity index (χ2n) is 3.87. The van der Waals surface area contributed by atoms with Crippen molar-refractivity contribution in [2.45, 2.75) is 25.7 Å². The van der Waals surface area contributed by atoms with Crippen molar-refractivity contribution in [3.8, 4) is 5.88 Å². The van der Waals surface area contributed by atoms with Gasteiger partial charge in [-0.2, -0.15) is 0 Å². The maximum absolute atomic E-state index is 14.0. The molecule has 1 aliphatic rings. The van der Waals surface area contributed by atoms with E-state index in [9.17, 15) is 9.50 Å². The molecule has 0 saturated carbocycles. The first-order valence-electron chi connectivity index (χ1n) is 5.90. The lowest BCUT2D eigenvalue weighted by Crippen LogP contribution is -2.14. The van der Waals surface area contributed by atoms with Crippen LogP contribution in [0.25, 0.3) is 0 Å². The van der Waals surface area contributed by atoms with Gasteiger partial charge in [-0.1, -0.05) is 0 Å². The molecule has 5 nitrogen and oxygen atoms in total. The highest BCUT2D eigenvalue weighted by molar-refractivity contribution is 5.25. The standard InChI is InChI=1S/C12H16FNO4/c1-2-16-12-11(13)8(3-4-14-12)9(15)7-10-17-5-6-18-10/h3-4,9-10,15H,2,5-7H2,1H3. The molecule has 1 aliphatic heterocycles. The van der Waals surface area contributed by atoms with Crippen LogP contribution in [0, 0.1) is 5.82 Å². The summed E-state index contributed by atoms with van der Waals surface area (Å²) in [4.78, 5) is 3.77. The van der Waals surface area contributed by atoms with E-state index >= 15 is 0 Å². The van der Waals surface area contributed by atoms with Crippen LogP contribution in [0.1, 0.15) is 25.0 Å². The van der Waals surface area contributed by atoms with Gasteiger partial charge in [-0.15, -0.1) is 0 Å². The van der Waals surface area contributed by atoms with Gasteiger partial charge >= 0.3 is 0 Å². The topological polar surface area (TPSA) is 60.8 Å². The number of ether oxygens (including phenoxy) is 3. The minimum atomic E-state index is -1.00. The molecule has 2 rings (SSSR count). The lowest BCUT2D eigenvalue weighted by molar-refractivity contribution is -0.0712. The van der Waals surface area contributed by atoms with Gasteiger partial charge in [0, 0.05) is 18.2 Å². The normalized spacial score (nSPS) is 17.9. The Labute approximate surface area is 105 Å². The molecule has 1 N–H and O–H groups in total. The van der Waals surface area contributed by atoms with E-state index in [0.717, 1.165) is 0 Å². The fourth-order valence-electron chi connectivity index (χ4n) is 1.79. The van der Waals surface area contributed by atoms with E-state index in [2.05, 4.69) is 4.98 Å². The van der Waals surface area contributed by atoms with Crippen molar-refractivity contribution < 1.29 is 23.7 Å². The summed E-state index contributed by atoms with van der Waals surface area (Å²) in [5.41, 5.74) is 0.146. The molecule has 1 atom stereocenters. The summed E-state index contributed by atoms with van der Waals surface area (Å²) in [5.74, 6) is -0.729. The van der Waals surface area contributed by atoms with Crippen LogP contribution in [0.3, 0.4) is 0 Å². The number of rotatable bonds is 5. The van der Waals surface area contributed by atoms with Gasteiger partial charge in [0.2, 0.25) is 0 Å². The molecule has 18 heavy (non-hydrogen) atoms. The second kappa shape index (κ2) is 6.08. The first-order valence-corrected chi connectivity index (χ1v) is 5.90. The van der Waals surface area contributed by atoms with Crippen molar-refractivity contribution in [3.05, 3.63) is 23.6 Å². The van der Waals surface area contributed by atoms with E-state index < -0.39 is 18.2 Å². The van der Waals surface area contributed by atoms with E-state index in [4.69, 9.17) is 14.2 Å². The monoisotopic (exact) mass is 257 g/mol. The number of halogens is 1. The Morgan fingerprint density at radius 3 is 2.94 bits per heavy atom. The van der Waals surface area contributed by atoms with Crippen LogP contribution < -0.4 is 4.74 Å². The fraction of sp³-hybridized carbons (Fsp3) is 0.583. The van der Waals surface area contributed by atoms with Gasteiger partial charge in [-0.25, -0.2) is 9.37 Å². The number of hydrogen-bond donors (Lipinski definition) is 1. The molecule has 0 spiro atoms. The highest BCUT2D eigenvalue weighted by Crippen LogP contribution is 2.27. The largest absolute Gasteiger partial charge is 0.476 e. The summed E-state index contributed by atoms with van der Waals surface area (Å²) in [6, 6.07) is 1.43. The van der Waals surface area contributed by atoms with Gasteiger partial charge in [0.1, 0.15) is 0 Å². The number of aliphatic hydroxyl groups is 1. The SMILES string of the molecule is CCOc1nccc(C(O)CC2OCCO2)c1F. The van der Waals surface area contributed by atoms with Crippen molar-refractivity contribution >= 4 is 0 Å². The third-order valence-electron chi connectivity index (χ3n) is 2.63. The molecule has 0 bridgehead atoms. The van der Waals surface area contributed by atoms with Crippen LogP contribution in [0.15, 0.2) is 12.3 Å². The number of hydrogen-bond acceptors (Lipinski definition) is 5. The Bertz CT molecular complexity index is 396. The molecule has 1 aromatic heterocycles. The predicted molar refractivity (Wildman–Crippen MR) is 60.6 cm³/mol. The Kier molecular flexibility index (Phi) is 4.46. The van der Waals surface area contributed by atoms with Crippen molar-refractivity contribution in [2.75, 3.05) is 19.8 Å². The van der Waals surface area contributed by atoms with Crippen LogP contribution in [-0.4, -0.2) is 36.2 Å². The van der Waals surface area contributed by atoms with Crippen LogP contribution in [0.5, 0.6) is 5.88 Å². The smallest absolute Gasteiger partial charge is 0.250 e. The van der Waals surface area contributed by atoms with Gasteiger partial charge in [0.25, 0.3) is 5.88 Å². The summed E-state index contributed by atoms with van der Waals surface area (Å²) >= 11 is 0. The van der Waals surface area contributed by atoms with Crippen LogP contribution in [0.4, 0.5) is 4.39 Å². The number of pyridine rings is 1. The Hall–Kier alpha value is -1.24. The summed E-state index contributed by atoms with van der Waals surface area (Å²) < 4.78 is 29.4. The van der Waals surface area contributed by atoms with Crippen molar-refractivity contribution in [3.63, 3.8) is 0 Å². The Balaban J connectivity index is 2.08. The molecule has 1 fully saturated rings. The molecule has 1 unspecified atom stereocenters. The first kappa shape index (κ1) is 13.2. The minimum absolute atomic E-state index is 0.0951. The van der Waals surface area contributed by atoms with E-state index in [1.807, 2.05) is 0 Å². The first-order chi connectivity index (χ1) is 8.72. The molecule has 1 aromatic rings. The molecule has 2 heterocycles. The summed E-state index contributed by atoms with van der Waals surface area (Å²) in [7, 11) is 0. The van der Waals surface area contributed by atoms with Crippen molar-refractivity contribution in [1.29, 1.82) is 0 Å². The third kappa shape index (κ3) is 2.95. The number of nitrogens with zero attached hydrogens (tertiary/aromatic N) is 1. The van der Waals surface area contributed by atoms with Crippen molar-refractivity contribution in [2.24, 2.45) is 0 Å². The fourth-order valence-corrected chi connectivity index (χ4v) is 1.79. The highest BCUT2D eigenvalue weighted by Gasteiger charge is 2.24. The maximum Gasteiger partial charge on any atom is 0.250 e. The average Bonchev–Trinajstić information content (AvgIpc) is 2.85. The molecular weight excluding hydrogens is 241 g/mol. The molecular formula is C12H16FNO4. The van der Waals surface area contributed by atoms with E-state index in [1.54, 1.807) is 6.92 Å². The Morgan fingerprint density at radius 2 is 2.28 bits per heavy atom. The zero-order chi connectivity index (χ0) is 13.0. The van der Waals surface area contributed by atoms with Gasteiger partial charge < -0.3 is 19.3 Å². The predicted octanol–water partition coefficient (Wildman–Crippen LogP) is 1.42. The quantitative estimate of drug-likeness (QED) is 0.864. The molecule has 0 aliphatic carbocycles. The molecule has 1 saturated heterocycles. The average molecular weight is 257 g/mol. The second-order valence-corrected chi connectivity index (χ2v) is 3.87. The van der Waals surface area contributed by atoms with E-state index in [-0.39, 0.29) is 17.9 Å². The third-order valence-corrected chi connectivity index (χ3v) is 2.63. The van der Waals surface area contributed by atoms with Gasteiger partial charge in [-0.05, 0) is 13.0 Å². The van der Waals surface area contributed by atoms with Gasteiger partial charge in [-0.3, -0.25) is 0 Å². The lowest BCUT2D eigenvalue weighted by atomic mass is 10.1. The Morgan fingerprint density at radius 1 is 1.56 bits per heavy atom. The van der Waals surface area contributed by atoms with E-state index in [0.29, 0.717) is 19.8 Å². The number of aliphatic hydroxyl groups excluding tert-OH is 1. The molecule has 6 heteroatoms. The summed E-state index contributed by atoms with van der Waals surface area (Å²) in [5, 5.41) is 9.97. The summed E-state index contributed by atoms with van der Waals surface area (Å²) in [6.07, 6.45) is 0.105. The van der Waals surface area contributed by atoms with Crippen LogP contribution in [0.2, 0.25) is 0 Å². The van der Waals surface area contributed by atoms with Crippen LogP contribution >= 0.6 is 0 Å². The summed E-state index contributed by atoms with van der Waals surface area (Å²) in [6.45, 7) is 3.06. The van der Waals surface area contributed by atoms with Gasteiger partial charge in [0.05, 0.1) is 25.9 Å². The molecule has 0 amide bonds. The number of aromatic nitrogens is 1. The molecule has 0 aromatic carbocycles. The minimum Gasteiger partial charge on any atom is -0.476 e. The van der Waals surface area contributed by atoms with E-state index in [1.165, 1.54) is 12.3 Å². The lowest BCUT2D eigenvalue weighted by Gasteiger charge is -2.16. The maximum atomic E-state index is 14.0. The molecule has 100 valence electrons.